The number of benzene rings is 3. The van der Waals surface area contributed by atoms with E-state index in [2.05, 4.69) is 5.32 Å². The van der Waals surface area contributed by atoms with Crippen LogP contribution in [0.25, 0.3) is 0 Å². The molecule has 1 N–H and O–H groups in total. The van der Waals surface area contributed by atoms with Crippen LogP contribution in [0.4, 0.5) is 5.69 Å². The molecule has 0 bridgehead atoms. The number of rotatable bonds is 8. The summed E-state index contributed by atoms with van der Waals surface area (Å²) in [7, 11) is -3.97. The van der Waals surface area contributed by atoms with E-state index in [0.717, 1.165) is 15.4 Å². The van der Waals surface area contributed by atoms with Crippen molar-refractivity contribution in [3.05, 3.63) is 93.5 Å². The molecule has 0 atom stereocenters. The van der Waals surface area contributed by atoms with Gasteiger partial charge >= 0.3 is 0 Å². The second kappa shape index (κ2) is 10.7. The highest BCUT2D eigenvalue weighted by molar-refractivity contribution is 7.89. The molecule has 0 saturated heterocycles. The van der Waals surface area contributed by atoms with Crippen LogP contribution in [0.15, 0.2) is 71.6 Å². The molecule has 1 amide bonds. The third-order valence-electron chi connectivity index (χ3n) is 5.25. The maximum atomic E-state index is 13.4. The van der Waals surface area contributed by atoms with E-state index in [1.807, 2.05) is 39.0 Å². The lowest BCUT2D eigenvalue weighted by Crippen LogP contribution is -2.37. The Bertz CT molecular complexity index is 1250. The van der Waals surface area contributed by atoms with Crippen LogP contribution in [-0.2, 0) is 21.4 Å². The van der Waals surface area contributed by atoms with Gasteiger partial charge in [0.25, 0.3) is 0 Å². The van der Waals surface area contributed by atoms with Crippen LogP contribution in [-0.4, -0.2) is 25.2 Å². The van der Waals surface area contributed by atoms with Crippen LogP contribution >= 0.6 is 23.2 Å². The predicted molar refractivity (Wildman–Crippen MR) is 134 cm³/mol. The van der Waals surface area contributed by atoms with Gasteiger partial charge in [0.15, 0.2) is 0 Å². The van der Waals surface area contributed by atoms with Crippen molar-refractivity contribution < 1.29 is 13.2 Å². The van der Waals surface area contributed by atoms with Crippen molar-refractivity contribution in [2.45, 2.75) is 38.1 Å². The molecule has 0 heterocycles. The Hall–Kier alpha value is -2.38. The summed E-state index contributed by atoms with van der Waals surface area (Å²) in [5.74, 6) is -0.243. The molecule has 0 aliphatic rings. The van der Waals surface area contributed by atoms with Gasteiger partial charge in [-0.15, -0.1) is 0 Å². The summed E-state index contributed by atoms with van der Waals surface area (Å²) < 4.78 is 28.0. The second-order valence-corrected chi connectivity index (χ2v) is 10.8. The molecule has 0 radical (unpaired) electrons. The van der Waals surface area contributed by atoms with Crippen molar-refractivity contribution in [2.24, 2.45) is 0 Å². The van der Waals surface area contributed by atoms with Gasteiger partial charge in [0, 0.05) is 22.3 Å². The summed E-state index contributed by atoms with van der Waals surface area (Å²) in [6.45, 7) is 5.54. The summed E-state index contributed by atoms with van der Waals surface area (Å²) in [6.07, 6.45) is 0. The van der Waals surface area contributed by atoms with Gasteiger partial charge in [-0.25, -0.2) is 8.42 Å². The monoisotopic (exact) mass is 504 g/mol. The number of nitrogens with one attached hydrogen (secondary N) is 1. The molecule has 0 unspecified atom stereocenters. The summed E-state index contributed by atoms with van der Waals surface area (Å²) >= 11 is 12.3. The van der Waals surface area contributed by atoms with Crippen molar-refractivity contribution in [3.63, 3.8) is 0 Å². The number of hydrogen-bond acceptors (Lipinski definition) is 3. The molecule has 3 aromatic carbocycles. The molecule has 0 aliphatic heterocycles. The van der Waals surface area contributed by atoms with E-state index in [1.54, 1.807) is 36.4 Å². The molecular weight excluding hydrogens is 479 g/mol. The molecule has 5 nitrogen and oxygen atoms in total. The largest absolute Gasteiger partial charge is 0.324 e. The number of carbonyl (C=O) groups excluding carboxylic acids is 1. The van der Waals surface area contributed by atoms with Crippen LogP contribution in [0.1, 0.15) is 36.5 Å². The fourth-order valence-corrected chi connectivity index (χ4v) is 5.35. The number of nitrogens with zero attached hydrogens (tertiary/aromatic N) is 1. The molecule has 0 fully saturated rings. The number of hydrogen-bond donors (Lipinski definition) is 1. The molecule has 3 aromatic rings. The van der Waals surface area contributed by atoms with Crippen LogP contribution in [0.3, 0.4) is 0 Å². The minimum absolute atomic E-state index is 0.0779. The van der Waals surface area contributed by atoms with Crippen molar-refractivity contribution >= 4 is 44.8 Å². The number of sulfonamides is 1. The molecule has 0 aliphatic carbocycles. The number of aryl methyl sites for hydroxylation is 1. The first kappa shape index (κ1) is 25.2. The fourth-order valence-electron chi connectivity index (χ4n) is 3.49. The highest BCUT2D eigenvalue weighted by Crippen LogP contribution is 2.28. The van der Waals surface area contributed by atoms with Gasteiger partial charge < -0.3 is 5.32 Å². The molecule has 3 rings (SSSR count). The van der Waals surface area contributed by atoms with Crippen LogP contribution in [0.5, 0.6) is 0 Å². The standard InChI is InChI=1S/C25H26Cl2N2O3S/c1-17(2)22-11-7-8-18(3)25(22)28-24(30)16-29(15-19-12-13-20(26)14-23(19)27)33(31,32)21-9-5-4-6-10-21/h4-14,17H,15-16H2,1-3H3,(H,28,30). The zero-order valence-corrected chi connectivity index (χ0v) is 21.0. The minimum atomic E-state index is -3.97. The third-order valence-corrected chi connectivity index (χ3v) is 7.65. The van der Waals surface area contributed by atoms with Crippen LogP contribution in [0.2, 0.25) is 10.0 Å². The van der Waals surface area contributed by atoms with Crippen LogP contribution < -0.4 is 5.32 Å². The summed E-state index contributed by atoms with van der Waals surface area (Å²) in [5, 5.41) is 3.70. The Morgan fingerprint density at radius 1 is 1.00 bits per heavy atom. The topological polar surface area (TPSA) is 66.5 Å². The lowest BCUT2D eigenvalue weighted by Gasteiger charge is -2.23. The van der Waals surface area contributed by atoms with Crippen molar-refractivity contribution in [2.75, 3.05) is 11.9 Å². The van der Waals surface area contributed by atoms with Crippen LogP contribution in [0, 0.1) is 6.92 Å². The number of amides is 1. The van der Waals surface area contributed by atoms with Gasteiger partial charge in [-0.3, -0.25) is 4.79 Å². The maximum Gasteiger partial charge on any atom is 0.243 e. The molecule has 0 aromatic heterocycles. The zero-order chi connectivity index (χ0) is 24.2. The van der Waals surface area contributed by atoms with E-state index in [-0.39, 0.29) is 23.9 Å². The maximum absolute atomic E-state index is 13.4. The van der Waals surface area contributed by atoms with Gasteiger partial charge in [-0.1, -0.05) is 79.5 Å². The first-order valence-electron chi connectivity index (χ1n) is 10.5. The minimum Gasteiger partial charge on any atom is -0.324 e. The average Bonchev–Trinajstić information content (AvgIpc) is 2.76. The van der Waals surface area contributed by atoms with Crippen molar-refractivity contribution in [1.29, 1.82) is 0 Å². The highest BCUT2D eigenvalue weighted by atomic mass is 35.5. The Balaban J connectivity index is 1.94. The van der Waals surface area contributed by atoms with E-state index in [1.165, 1.54) is 12.1 Å². The molecule has 174 valence electrons. The molecule has 0 saturated carbocycles. The summed E-state index contributed by atoms with van der Waals surface area (Å²) in [6, 6.07) is 18.7. The number of halogens is 2. The molecule has 0 spiro atoms. The summed E-state index contributed by atoms with van der Waals surface area (Å²) in [5.41, 5.74) is 3.15. The van der Waals surface area contributed by atoms with Gasteiger partial charge in [-0.05, 0) is 53.8 Å². The van der Waals surface area contributed by atoms with E-state index < -0.39 is 15.9 Å². The molecule has 8 heteroatoms. The smallest absolute Gasteiger partial charge is 0.243 e. The Morgan fingerprint density at radius 2 is 1.70 bits per heavy atom. The predicted octanol–water partition coefficient (Wildman–Crippen LogP) is 6.25. The van der Waals surface area contributed by atoms with E-state index in [4.69, 9.17) is 23.2 Å². The van der Waals surface area contributed by atoms with Gasteiger partial charge in [0.2, 0.25) is 15.9 Å². The Morgan fingerprint density at radius 3 is 2.33 bits per heavy atom. The van der Waals surface area contributed by atoms with E-state index in [9.17, 15) is 13.2 Å². The normalized spacial score (nSPS) is 11.7. The lowest BCUT2D eigenvalue weighted by atomic mass is 9.98. The quantitative estimate of drug-likeness (QED) is 0.393. The number of carbonyl (C=O) groups is 1. The van der Waals surface area contributed by atoms with Gasteiger partial charge in [0.1, 0.15) is 0 Å². The highest BCUT2D eigenvalue weighted by Gasteiger charge is 2.28. The molecule has 33 heavy (non-hydrogen) atoms. The van der Waals surface area contributed by atoms with Crippen molar-refractivity contribution in [1.82, 2.24) is 4.31 Å². The zero-order valence-electron chi connectivity index (χ0n) is 18.7. The Kier molecular flexibility index (Phi) is 8.19. The first-order chi connectivity index (χ1) is 15.6. The average molecular weight is 505 g/mol. The van der Waals surface area contributed by atoms with E-state index >= 15 is 0 Å². The third kappa shape index (κ3) is 6.15. The fraction of sp³-hybridized carbons (Fsp3) is 0.240. The van der Waals surface area contributed by atoms with Gasteiger partial charge in [0.05, 0.1) is 11.4 Å². The number of anilines is 1. The Labute approximate surface area is 205 Å². The molecular formula is C25H26Cl2N2O3S. The lowest BCUT2D eigenvalue weighted by molar-refractivity contribution is -0.116. The first-order valence-corrected chi connectivity index (χ1v) is 12.7. The second-order valence-electron chi connectivity index (χ2n) is 8.06. The summed E-state index contributed by atoms with van der Waals surface area (Å²) in [4.78, 5) is 13.2. The van der Waals surface area contributed by atoms with Crippen molar-refractivity contribution in [3.8, 4) is 0 Å². The van der Waals surface area contributed by atoms with Gasteiger partial charge in [-0.2, -0.15) is 4.31 Å². The SMILES string of the molecule is Cc1cccc(C(C)C)c1NC(=O)CN(Cc1ccc(Cl)cc1Cl)S(=O)(=O)c1ccccc1. The van der Waals surface area contributed by atoms with E-state index in [0.29, 0.717) is 21.3 Å². The number of para-hydroxylation sites is 1.